The molecular weight excluding hydrogens is 335 g/mol. The van der Waals surface area contributed by atoms with Crippen molar-refractivity contribution in [2.75, 3.05) is 18.5 Å². The molecule has 140 valence electrons. The maximum Gasteiger partial charge on any atom is 0.495 e. The first-order valence-electron chi connectivity index (χ1n) is 8.02. The lowest BCUT2D eigenvalue weighted by molar-refractivity contribution is -0.0497. The minimum atomic E-state index is -2.97. The number of benzene rings is 1. The van der Waals surface area contributed by atoms with Gasteiger partial charge >= 0.3 is 13.7 Å². The van der Waals surface area contributed by atoms with Gasteiger partial charge in [-0.25, -0.2) is 0 Å². The topological polar surface area (TPSA) is 80.2 Å². The molecule has 2 rings (SSSR count). The number of nitrogens with one attached hydrogen (secondary N) is 1. The van der Waals surface area contributed by atoms with Crippen molar-refractivity contribution in [1.82, 2.24) is 0 Å². The highest BCUT2D eigenvalue weighted by atomic mass is 19.3. The molecule has 1 atom stereocenters. The standard InChI is InChI=1S/C16H24BF2NO5/c1-15(2)16(3,4)25-17(24-15)10-5-11(20-8-12(22)9-21)7-13(6-10)23-14(18)19/h5-7,12,14,20-22H,8-9H2,1-4H3. The number of hydrogen-bond acceptors (Lipinski definition) is 6. The van der Waals surface area contributed by atoms with E-state index in [9.17, 15) is 13.9 Å². The fraction of sp³-hybridized carbons (Fsp3) is 0.625. The number of anilines is 1. The van der Waals surface area contributed by atoms with Gasteiger partial charge in [0.25, 0.3) is 0 Å². The molecule has 6 nitrogen and oxygen atoms in total. The van der Waals surface area contributed by atoms with E-state index in [0.717, 1.165) is 0 Å². The Morgan fingerprint density at radius 3 is 2.28 bits per heavy atom. The lowest BCUT2D eigenvalue weighted by Gasteiger charge is -2.32. The van der Waals surface area contributed by atoms with Gasteiger partial charge in [-0.15, -0.1) is 0 Å². The van der Waals surface area contributed by atoms with E-state index < -0.39 is 37.6 Å². The summed E-state index contributed by atoms with van der Waals surface area (Å²) in [6.07, 6.45) is -0.972. The fourth-order valence-corrected chi connectivity index (χ4v) is 2.31. The highest BCUT2D eigenvalue weighted by molar-refractivity contribution is 6.62. The molecule has 0 radical (unpaired) electrons. The minimum absolute atomic E-state index is 0.0526. The molecule has 1 aromatic rings. The summed E-state index contributed by atoms with van der Waals surface area (Å²) in [6.45, 7) is 4.24. The molecule has 1 unspecified atom stereocenters. The van der Waals surface area contributed by atoms with Crippen LogP contribution < -0.4 is 15.5 Å². The minimum Gasteiger partial charge on any atom is -0.435 e. The van der Waals surface area contributed by atoms with Crippen LogP contribution in [0.15, 0.2) is 18.2 Å². The van der Waals surface area contributed by atoms with Crippen molar-refractivity contribution in [2.45, 2.75) is 51.6 Å². The summed E-state index contributed by atoms with van der Waals surface area (Å²) in [4.78, 5) is 0. The maximum absolute atomic E-state index is 12.6. The van der Waals surface area contributed by atoms with Crippen LogP contribution in [0.3, 0.4) is 0 Å². The van der Waals surface area contributed by atoms with Gasteiger partial charge in [-0.3, -0.25) is 0 Å². The third kappa shape index (κ3) is 4.81. The second-order valence-corrected chi connectivity index (χ2v) is 6.97. The smallest absolute Gasteiger partial charge is 0.435 e. The van der Waals surface area contributed by atoms with E-state index >= 15 is 0 Å². The number of rotatable bonds is 7. The van der Waals surface area contributed by atoms with Gasteiger partial charge in [-0.1, -0.05) is 0 Å². The van der Waals surface area contributed by atoms with E-state index in [1.807, 2.05) is 27.7 Å². The highest BCUT2D eigenvalue weighted by Gasteiger charge is 2.51. The Kier molecular flexibility index (Phi) is 5.93. The number of hydrogen-bond donors (Lipinski definition) is 3. The normalized spacial score (nSPS) is 20.0. The van der Waals surface area contributed by atoms with Crippen LogP contribution in [0.25, 0.3) is 0 Å². The summed E-state index contributed by atoms with van der Waals surface area (Å²) in [7, 11) is -0.741. The fourth-order valence-electron chi connectivity index (χ4n) is 2.31. The van der Waals surface area contributed by atoms with Gasteiger partial charge in [0.2, 0.25) is 0 Å². The first-order valence-corrected chi connectivity index (χ1v) is 8.02. The zero-order valence-corrected chi connectivity index (χ0v) is 14.8. The predicted molar refractivity (Wildman–Crippen MR) is 90.4 cm³/mol. The molecule has 0 saturated carbocycles. The van der Waals surface area contributed by atoms with E-state index in [-0.39, 0.29) is 12.3 Å². The number of ether oxygens (including phenoxy) is 1. The van der Waals surface area contributed by atoms with Crippen LogP contribution in [-0.4, -0.2) is 54.4 Å². The molecule has 3 N–H and O–H groups in total. The molecule has 1 aliphatic heterocycles. The molecule has 1 fully saturated rings. The molecule has 1 saturated heterocycles. The van der Waals surface area contributed by atoms with Crippen LogP contribution in [0.2, 0.25) is 0 Å². The average Bonchev–Trinajstić information content (AvgIpc) is 2.72. The largest absolute Gasteiger partial charge is 0.495 e. The quantitative estimate of drug-likeness (QED) is 0.638. The van der Waals surface area contributed by atoms with Crippen LogP contribution in [0, 0.1) is 0 Å². The van der Waals surface area contributed by atoms with Crippen LogP contribution in [-0.2, 0) is 9.31 Å². The monoisotopic (exact) mass is 359 g/mol. The number of halogens is 2. The summed E-state index contributed by atoms with van der Waals surface area (Å²) in [5, 5.41) is 21.2. The maximum atomic E-state index is 12.6. The first-order chi connectivity index (χ1) is 11.5. The van der Waals surface area contributed by atoms with E-state index in [4.69, 9.17) is 14.4 Å². The number of alkyl halides is 2. The SMILES string of the molecule is CC1(C)OB(c2cc(NCC(O)CO)cc(OC(F)F)c2)OC1(C)C. The molecule has 0 amide bonds. The van der Waals surface area contributed by atoms with Crippen molar-refractivity contribution in [3.63, 3.8) is 0 Å². The van der Waals surface area contributed by atoms with Crippen LogP contribution in [0.4, 0.5) is 14.5 Å². The molecule has 0 aromatic heterocycles. The second kappa shape index (κ2) is 7.45. The second-order valence-electron chi connectivity index (χ2n) is 6.97. The van der Waals surface area contributed by atoms with Gasteiger partial charge < -0.3 is 29.6 Å². The number of aliphatic hydroxyl groups excluding tert-OH is 2. The van der Waals surface area contributed by atoms with E-state index in [0.29, 0.717) is 11.2 Å². The molecular formula is C16H24BF2NO5. The van der Waals surface area contributed by atoms with Crippen LogP contribution in [0.1, 0.15) is 27.7 Å². The third-order valence-corrected chi connectivity index (χ3v) is 4.43. The van der Waals surface area contributed by atoms with E-state index in [2.05, 4.69) is 10.1 Å². The third-order valence-electron chi connectivity index (χ3n) is 4.43. The summed E-state index contributed by atoms with van der Waals surface area (Å²) in [5.74, 6) is -0.0526. The van der Waals surface area contributed by atoms with Crippen LogP contribution in [0.5, 0.6) is 5.75 Å². The summed E-state index contributed by atoms with van der Waals surface area (Å²) >= 11 is 0. The van der Waals surface area contributed by atoms with Crippen molar-refractivity contribution in [2.24, 2.45) is 0 Å². The summed E-state index contributed by atoms with van der Waals surface area (Å²) in [5.41, 5.74) is -0.191. The van der Waals surface area contributed by atoms with Gasteiger partial charge in [0.1, 0.15) is 5.75 Å². The van der Waals surface area contributed by atoms with E-state index in [1.165, 1.54) is 12.1 Å². The lowest BCUT2D eigenvalue weighted by Crippen LogP contribution is -2.41. The Morgan fingerprint density at radius 1 is 1.16 bits per heavy atom. The molecule has 1 heterocycles. The Morgan fingerprint density at radius 2 is 1.76 bits per heavy atom. The molecule has 1 aromatic carbocycles. The summed E-state index contributed by atoms with van der Waals surface area (Å²) in [6, 6.07) is 4.48. The van der Waals surface area contributed by atoms with Gasteiger partial charge in [0.15, 0.2) is 0 Å². The predicted octanol–water partition coefficient (Wildman–Crippen LogP) is 1.35. The zero-order chi connectivity index (χ0) is 18.8. The van der Waals surface area contributed by atoms with Crippen molar-refractivity contribution >= 4 is 18.3 Å². The Bertz CT molecular complexity index is 584. The molecule has 0 aliphatic carbocycles. The summed E-state index contributed by atoms with van der Waals surface area (Å²) < 4.78 is 41.6. The van der Waals surface area contributed by atoms with Crippen LogP contribution >= 0.6 is 0 Å². The first kappa shape index (κ1) is 19.9. The molecule has 25 heavy (non-hydrogen) atoms. The molecule has 0 spiro atoms. The van der Waals surface area contributed by atoms with Crippen molar-refractivity contribution < 1.29 is 33.0 Å². The van der Waals surface area contributed by atoms with Crippen molar-refractivity contribution in [1.29, 1.82) is 0 Å². The van der Waals surface area contributed by atoms with Gasteiger partial charge in [0.05, 0.1) is 23.9 Å². The molecule has 1 aliphatic rings. The Balaban J connectivity index is 2.27. The molecule has 9 heteroatoms. The number of aliphatic hydroxyl groups is 2. The lowest BCUT2D eigenvalue weighted by atomic mass is 9.78. The Hall–Kier alpha value is -1.42. The van der Waals surface area contributed by atoms with Crippen molar-refractivity contribution in [3.8, 4) is 5.75 Å². The average molecular weight is 359 g/mol. The Labute approximate surface area is 146 Å². The van der Waals surface area contributed by atoms with Gasteiger partial charge in [-0.2, -0.15) is 8.78 Å². The molecule has 0 bridgehead atoms. The van der Waals surface area contributed by atoms with Gasteiger partial charge in [0, 0.05) is 18.3 Å². The zero-order valence-electron chi connectivity index (χ0n) is 14.8. The highest BCUT2D eigenvalue weighted by Crippen LogP contribution is 2.37. The van der Waals surface area contributed by atoms with Gasteiger partial charge in [-0.05, 0) is 45.3 Å². The van der Waals surface area contributed by atoms with Crippen molar-refractivity contribution in [3.05, 3.63) is 18.2 Å². The van der Waals surface area contributed by atoms with E-state index in [1.54, 1.807) is 6.07 Å².